The molecule has 0 radical (unpaired) electrons. The fourth-order valence-electron chi connectivity index (χ4n) is 3.52. The Labute approximate surface area is 171 Å². The highest BCUT2D eigenvalue weighted by Gasteiger charge is 2.30. The van der Waals surface area contributed by atoms with Crippen LogP contribution in [-0.2, 0) is 27.3 Å². The molecule has 6 heteroatoms. The van der Waals surface area contributed by atoms with E-state index < -0.39 is 11.7 Å². The lowest BCUT2D eigenvalue weighted by molar-refractivity contribution is -0.119. The van der Waals surface area contributed by atoms with Crippen LogP contribution in [0.2, 0.25) is 0 Å². The Kier molecular flexibility index (Phi) is 6.54. The Morgan fingerprint density at radius 1 is 1.10 bits per heavy atom. The summed E-state index contributed by atoms with van der Waals surface area (Å²) >= 11 is 0. The van der Waals surface area contributed by atoms with Gasteiger partial charge in [0, 0.05) is 12.8 Å². The molecular formula is C23H28N2O4. The van der Waals surface area contributed by atoms with Gasteiger partial charge in [0.1, 0.15) is 5.60 Å². The molecule has 0 spiro atoms. The van der Waals surface area contributed by atoms with Crippen molar-refractivity contribution in [2.24, 2.45) is 0 Å². The summed E-state index contributed by atoms with van der Waals surface area (Å²) in [7, 11) is 0. The number of amides is 2. The number of carbonyl (C=O) groups excluding carboxylic acids is 2. The number of hydrazine groups is 1. The van der Waals surface area contributed by atoms with Gasteiger partial charge in [0.15, 0.2) is 0 Å². The number of hydrogen-bond acceptors (Lipinski definition) is 4. The summed E-state index contributed by atoms with van der Waals surface area (Å²) in [4.78, 5) is 24.8. The van der Waals surface area contributed by atoms with Crippen LogP contribution in [0.3, 0.4) is 0 Å². The van der Waals surface area contributed by atoms with Crippen molar-refractivity contribution in [2.45, 2.75) is 58.3 Å². The van der Waals surface area contributed by atoms with E-state index in [1.54, 1.807) is 0 Å². The molecule has 1 aliphatic heterocycles. The zero-order valence-electron chi connectivity index (χ0n) is 17.2. The fourth-order valence-corrected chi connectivity index (χ4v) is 3.52. The van der Waals surface area contributed by atoms with E-state index in [-0.39, 0.29) is 12.0 Å². The Morgan fingerprint density at radius 3 is 2.55 bits per heavy atom. The zero-order valence-corrected chi connectivity index (χ0v) is 17.2. The highest BCUT2D eigenvalue weighted by atomic mass is 16.6. The van der Waals surface area contributed by atoms with Crippen LogP contribution in [-0.4, -0.2) is 23.7 Å². The molecule has 1 atom stereocenters. The van der Waals surface area contributed by atoms with Gasteiger partial charge in [-0.2, -0.15) is 0 Å². The third kappa shape index (κ3) is 5.81. The number of nitrogens with one attached hydrogen (secondary N) is 1. The van der Waals surface area contributed by atoms with Crippen molar-refractivity contribution in [1.82, 2.24) is 5.43 Å². The van der Waals surface area contributed by atoms with Gasteiger partial charge in [-0.15, -0.1) is 0 Å². The maximum Gasteiger partial charge on any atom is 0.427 e. The molecule has 2 aromatic carbocycles. The number of para-hydroxylation sites is 1. The number of rotatable bonds is 7. The van der Waals surface area contributed by atoms with Gasteiger partial charge in [-0.3, -0.25) is 4.79 Å². The molecule has 6 nitrogen and oxygen atoms in total. The second-order valence-corrected chi connectivity index (χ2v) is 7.93. The second-order valence-electron chi connectivity index (χ2n) is 7.93. The van der Waals surface area contributed by atoms with Gasteiger partial charge in [-0.1, -0.05) is 48.5 Å². The maximum atomic E-state index is 12.5. The van der Waals surface area contributed by atoms with Crippen LogP contribution in [0, 0.1) is 0 Å². The monoisotopic (exact) mass is 396 g/mol. The van der Waals surface area contributed by atoms with E-state index in [0.717, 1.165) is 11.1 Å². The van der Waals surface area contributed by atoms with Crippen molar-refractivity contribution in [2.75, 3.05) is 5.01 Å². The topological polar surface area (TPSA) is 67.9 Å². The summed E-state index contributed by atoms with van der Waals surface area (Å²) in [6.07, 6.45) is 0.790. The van der Waals surface area contributed by atoms with Crippen LogP contribution in [0.15, 0.2) is 54.6 Å². The quantitative estimate of drug-likeness (QED) is 0.754. The molecule has 0 aliphatic carbocycles. The van der Waals surface area contributed by atoms with Crippen molar-refractivity contribution in [3.05, 3.63) is 65.7 Å². The molecule has 2 aromatic rings. The summed E-state index contributed by atoms with van der Waals surface area (Å²) in [5.74, 6) is -0.155. The lowest BCUT2D eigenvalue weighted by Gasteiger charge is -2.32. The molecule has 1 N–H and O–H groups in total. The number of carbonyl (C=O) groups is 2. The third-order valence-electron chi connectivity index (χ3n) is 4.82. The average Bonchev–Trinajstić information content (AvgIpc) is 2.68. The zero-order chi connectivity index (χ0) is 20.9. The number of anilines is 1. The molecule has 3 rings (SSSR count). The largest absolute Gasteiger partial charge is 0.442 e. The Hall–Kier alpha value is -2.86. The van der Waals surface area contributed by atoms with Gasteiger partial charge < -0.3 is 9.47 Å². The van der Waals surface area contributed by atoms with Crippen molar-refractivity contribution in [3.8, 4) is 0 Å². The van der Waals surface area contributed by atoms with Gasteiger partial charge in [0.25, 0.3) is 0 Å². The van der Waals surface area contributed by atoms with Gasteiger partial charge in [0.2, 0.25) is 5.91 Å². The number of fused-ring (bicyclic) bond motifs is 1. The molecular weight excluding hydrogens is 368 g/mol. The summed E-state index contributed by atoms with van der Waals surface area (Å²) in [6, 6.07) is 17.5. The number of benzene rings is 2. The normalized spacial score (nSPS) is 14.9. The Bertz CT molecular complexity index is 851. The number of aryl methyl sites for hydroxylation is 1. The van der Waals surface area contributed by atoms with Gasteiger partial charge in [-0.25, -0.2) is 15.2 Å². The molecule has 0 saturated carbocycles. The molecule has 0 saturated heterocycles. The minimum absolute atomic E-state index is 0.102. The molecule has 1 heterocycles. The minimum atomic E-state index is -0.751. The minimum Gasteiger partial charge on any atom is -0.442 e. The van der Waals surface area contributed by atoms with Crippen molar-refractivity contribution in [3.63, 3.8) is 0 Å². The average molecular weight is 396 g/mol. The SMILES string of the molecule is CC(CC(C)(C)OC(=O)NN1C(=O)CCc2ccccc21)OCc1ccccc1. The lowest BCUT2D eigenvalue weighted by Crippen LogP contribution is -2.50. The predicted octanol–water partition coefficient (Wildman–Crippen LogP) is 4.38. The molecule has 29 heavy (non-hydrogen) atoms. The summed E-state index contributed by atoms with van der Waals surface area (Å²) < 4.78 is 11.5. The molecule has 1 aliphatic rings. The van der Waals surface area contributed by atoms with Crippen LogP contribution in [0.4, 0.5) is 10.5 Å². The lowest BCUT2D eigenvalue weighted by atomic mass is 10.0. The molecule has 0 aromatic heterocycles. The van der Waals surface area contributed by atoms with E-state index in [1.165, 1.54) is 5.01 Å². The molecule has 0 fully saturated rings. The first-order chi connectivity index (χ1) is 13.8. The van der Waals surface area contributed by atoms with Crippen molar-refractivity contribution >= 4 is 17.7 Å². The summed E-state index contributed by atoms with van der Waals surface area (Å²) in [5.41, 5.74) is 4.65. The standard InChI is InChI=1S/C23H28N2O4/c1-17(28-16-18-9-5-4-6-10-18)15-23(2,3)29-22(27)24-25-20-12-8-7-11-19(20)13-14-21(25)26/h4-12,17H,13-16H2,1-3H3,(H,24,27). The van der Waals surface area contributed by atoms with Crippen LogP contribution >= 0.6 is 0 Å². The maximum absolute atomic E-state index is 12.5. The first-order valence-corrected chi connectivity index (χ1v) is 9.90. The smallest absolute Gasteiger partial charge is 0.427 e. The van der Waals surface area contributed by atoms with E-state index in [4.69, 9.17) is 9.47 Å². The summed E-state index contributed by atoms with van der Waals surface area (Å²) in [5, 5.41) is 1.28. The van der Waals surface area contributed by atoms with E-state index in [2.05, 4.69) is 5.43 Å². The molecule has 0 bridgehead atoms. The number of hydrogen-bond donors (Lipinski definition) is 1. The highest BCUT2D eigenvalue weighted by Crippen LogP contribution is 2.26. The molecule has 2 amide bonds. The van der Waals surface area contributed by atoms with Crippen molar-refractivity contribution in [1.29, 1.82) is 0 Å². The Balaban J connectivity index is 1.53. The van der Waals surface area contributed by atoms with E-state index in [0.29, 0.717) is 31.6 Å². The van der Waals surface area contributed by atoms with Gasteiger partial charge >= 0.3 is 6.09 Å². The van der Waals surface area contributed by atoms with Crippen LogP contribution in [0.25, 0.3) is 0 Å². The number of ether oxygens (including phenoxy) is 2. The van der Waals surface area contributed by atoms with E-state index >= 15 is 0 Å². The molecule has 154 valence electrons. The Morgan fingerprint density at radius 2 is 1.79 bits per heavy atom. The van der Waals surface area contributed by atoms with E-state index in [1.807, 2.05) is 75.4 Å². The van der Waals surface area contributed by atoms with Gasteiger partial charge in [0.05, 0.1) is 18.4 Å². The van der Waals surface area contributed by atoms with Crippen LogP contribution in [0.1, 0.15) is 44.7 Å². The first-order valence-electron chi connectivity index (χ1n) is 9.90. The highest BCUT2D eigenvalue weighted by molar-refractivity contribution is 5.98. The number of nitrogens with zero attached hydrogens (tertiary/aromatic N) is 1. The third-order valence-corrected chi connectivity index (χ3v) is 4.82. The fraction of sp³-hybridized carbons (Fsp3) is 0.391. The molecule has 1 unspecified atom stereocenters. The van der Waals surface area contributed by atoms with E-state index in [9.17, 15) is 9.59 Å². The van der Waals surface area contributed by atoms with Crippen molar-refractivity contribution < 1.29 is 19.1 Å². The van der Waals surface area contributed by atoms with Gasteiger partial charge in [-0.05, 0) is 44.4 Å². The predicted molar refractivity (Wildman–Crippen MR) is 111 cm³/mol. The van der Waals surface area contributed by atoms with Crippen LogP contribution < -0.4 is 10.4 Å². The second kappa shape index (κ2) is 9.09. The summed E-state index contributed by atoms with van der Waals surface area (Å²) in [6.45, 7) is 6.13. The first kappa shape index (κ1) is 20.9. The van der Waals surface area contributed by atoms with Crippen LogP contribution in [0.5, 0.6) is 0 Å².